The fraction of sp³-hybridized carbons (Fsp3) is 0. The van der Waals surface area contributed by atoms with Crippen LogP contribution in [0.25, 0.3) is 22.4 Å². The maximum Gasteiger partial charge on any atom is 0.273 e. The van der Waals surface area contributed by atoms with E-state index in [4.69, 9.17) is 4.42 Å². The predicted molar refractivity (Wildman–Crippen MR) is 128 cm³/mol. The molecule has 35 heavy (non-hydrogen) atoms. The van der Waals surface area contributed by atoms with E-state index in [-0.39, 0.29) is 11.4 Å². The number of hydrazine groups is 1. The summed E-state index contributed by atoms with van der Waals surface area (Å²) in [6.45, 7) is 0. The van der Waals surface area contributed by atoms with Crippen LogP contribution in [0.4, 0.5) is 15.9 Å². The van der Waals surface area contributed by atoms with E-state index in [1.54, 1.807) is 48.5 Å². The Labute approximate surface area is 198 Å². The van der Waals surface area contributed by atoms with Gasteiger partial charge in [0.25, 0.3) is 11.8 Å². The van der Waals surface area contributed by atoms with E-state index in [1.807, 2.05) is 6.07 Å². The summed E-state index contributed by atoms with van der Waals surface area (Å²) in [5, 5.41) is 3.53. The van der Waals surface area contributed by atoms with Crippen molar-refractivity contribution < 1.29 is 18.4 Å². The molecule has 0 aliphatic carbocycles. The second-order valence-electron chi connectivity index (χ2n) is 7.49. The number of carbonyl (C=O) groups excluding carboxylic acids is 2. The van der Waals surface area contributed by atoms with E-state index in [0.717, 1.165) is 0 Å². The number of furan rings is 1. The Balaban J connectivity index is 1.37. The lowest BCUT2D eigenvalue weighted by Crippen LogP contribution is -2.42. The molecule has 0 radical (unpaired) electrons. The molecule has 0 aliphatic heterocycles. The summed E-state index contributed by atoms with van der Waals surface area (Å²) in [5.74, 6) is -0.845. The number of hydrogen-bond donors (Lipinski definition) is 3. The van der Waals surface area contributed by atoms with Gasteiger partial charge in [0.1, 0.15) is 17.3 Å². The van der Waals surface area contributed by atoms with Crippen molar-refractivity contribution in [3.63, 3.8) is 0 Å². The van der Waals surface area contributed by atoms with E-state index >= 15 is 0 Å². The molecular weight excluding hydrogens is 449 g/mol. The first-order valence-electron chi connectivity index (χ1n) is 10.6. The Morgan fingerprint density at radius 1 is 0.829 bits per heavy atom. The number of para-hydroxylation sites is 1. The molecule has 3 heterocycles. The van der Waals surface area contributed by atoms with Crippen molar-refractivity contribution in [2.75, 3.05) is 5.32 Å². The van der Waals surface area contributed by atoms with Gasteiger partial charge in [0, 0.05) is 17.3 Å². The van der Waals surface area contributed by atoms with Gasteiger partial charge in [0.2, 0.25) is 0 Å². The third kappa shape index (κ3) is 4.69. The molecule has 5 rings (SSSR count). The summed E-state index contributed by atoms with van der Waals surface area (Å²) in [6.07, 6.45) is 3.02. The van der Waals surface area contributed by atoms with Gasteiger partial charge in [0.05, 0.1) is 22.9 Å². The Kier molecular flexibility index (Phi) is 5.87. The van der Waals surface area contributed by atoms with Crippen molar-refractivity contribution in [2.24, 2.45) is 0 Å². The molecule has 8 nitrogen and oxygen atoms in total. The number of anilines is 2. The second-order valence-corrected chi connectivity index (χ2v) is 7.49. The quantitative estimate of drug-likeness (QED) is 0.319. The molecule has 5 aromatic rings. The molecule has 0 atom stereocenters. The van der Waals surface area contributed by atoms with Gasteiger partial charge in [-0.15, -0.1) is 0 Å². The fourth-order valence-electron chi connectivity index (χ4n) is 3.55. The number of fused-ring (bicyclic) bond motifs is 1. The van der Waals surface area contributed by atoms with Gasteiger partial charge in [-0.05, 0) is 54.6 Å². The Morgan fingerprint density at radius 2 is 1.66 bits per heavy atom. The zero-order chi connectivity index (χ0) is 24.2. The Hall–Kier alpha value is -5.05. The standard InChI is InChI=1S/C26H18FN5O3/c27-16-6-3-7-17(14-16)29-24-19(9-4-12-28-24)25(33)31-32-26(34)20-15-22(23-11-5-13-35-23)30-21-10-2-1-8-18(20)21/h1-15H,(H,28,29)(H,31,33)(H,32,34). The Bertz CT molecular complexity index is 1540. The minimum Gasteiger partial charge on any atom is -0.463 e. The topological polar surface area (TPSA) is 109 Å². The van der Waals surface area contributed by atoms with Gasteiger partial charge < -0.3 is 9.73 Å². The van der Waals surface area contributed by atoms with Gasteiger partial charge in [-0.1, -0.05) is 24.3 Å². The van der Waals surface area contributed by atoms with E-state index < -0.39 is 17.6 Å². The molecule has 0 fully saturated rings. The van der Waals surface area contributed by atoms with Crippen molar-refractivity contribution >= 4 is 34.2 Å². The normalized spacial score (nSPS) is 10.7. The predicted octanol–water partition coefficient (Wildman–Crippen LogP) is 4.85. The maximum absolute atomic E-state index is 13.5. The number of carbonyl (C=O) groups is 2. The lowest BCUT2D eigenvalue weighted by molar-refractivity contribution is 0.0848. The molecule has 0 bridgehead atoms. The first-order valence-corrected chi connectivity index (χ1v) is 10.6. The van der Waals surface area contributed by atoms with E-state index in [2.05, 4.69) is 26.1 Å². The SMILES string of the molecule is O=C(NNC(=O)c1cc(-c2ccco2)nc2ccccc12)c1cccnc1Nc1cccc(F)c1. The largest absolute Gasteiger partial charge is 0.463 e. The number of nitrogens with one attached hydrogen (secondary N) is 3. The zero-order valence-corrected chi connectivity index (χ0v) is 18.2. The average molecular weight is 467 g/mol. The molecule has 3 N–H and O–H groups in total. The smallest absolute Gasteiger partial charge is 0.273 e. The summed E-state index contributed by atoms with van der Waals surface area (Å²) >= 11 is 0. The molecule has 0 spiro atoms. The Morgan fingerprint density at radius 3 is 2.46 bits per heavy atom. The molecule has 0 aliphatic rings. The summed E-state index contributed by atoms with van der Waals surface area (Å²) in [5.41, 5.74) is 6.85. The summed E-state index contributed by atoms with van der Waals surface area (Å²) in [7, 11) is 0. The van der Waals surface area contributed by atoms with Gasteiger partial charge in [0.15, 0.2) is 5.76 Å². The summed E-state index contributed by atoms with van der Waals surface area (Å²) < 4.78 is 19.0. The van der Waals surface area contributed by atoms with Crippen LogP contribution in [0.5, 0.6) is 0 Å². The number of nitrogens with zero attached hydrogens (tertiary/aromatic N) is 2. The number of pyridine rings is 2. The monoisotopic (exact) mass is 467 g/mol. The van der Waals surface area contributed by atoms with E-state index in [9.17, 15) is 14.0 Å². The average Bonchev–Trinajstić information content (AvgIpc) is 3.42. The number of rotatable bonds is 5. The van der Waals surface area contributed by atoms with Gasteiger partial charge >= 0.3 is 0 Å². The van der Waals surface area contributed by atoms with Gasteiger partial charge in [-0.3, -0.25) is 20.4 Å². The van der Waals surface area contributed by atoms with Crippen molar-refractivity contribution in [1.82, 2.24) is 20.8 Å². The summed E-state index contributed by atoms with van der Waals surface area (Å²) in [4.78, 5) is 34.7. The van der Waals surface area contributed by atoms with Crippen LogP contribution < -0.4 is 16.2 Å². The highest BCUT2D eigenvalue weighted by atomic mass is 19.1. The fourth-order valence-corrected chi connectivity index (χ4v) is 3.55. The van der Waals surface area contributed by atoms with Crippen molar-refractivity contribution in [2.45, 2.75) is 0 Å². The van der Waals surface area contributed by atoms with Crippen LogP contribution in [0.2, 0.25) is 0 Å². The number of hydrogen-bond acceptors (Lipinski definition) is 6. The molecule has 3 aromatic heterocycles. The van der Waals surface area contributed by atoms with Crippen LogP contribution in [-0.2, 0) is 0 Å². The second kappa shape index (κ2) is 9.44. The first kappa shape index (κ1) is 21.8. The minimum atomic E-state index is -0.602. The number of benzene rings is 2. The third-order valence-electron chi connectivity index (χ3n) is 5.16. The van der Waals surface area contributed by atoms with Crippen LogP contribution in [0.1, 0.15) is 20.7 Å². The van der Waals surface area contributed by atoms with Gasteiger partial charge in [-0.2, -0.15) is 0 Å². The highest BCUT2D eigenvalue weighted by Crippen LogP contribution is 2.25. The molecule has 0 unspecified atom stereocenters. The molecule has 9 heteroatoms. The number of aromatic nitrogens is 2. The molecule has 2 amide bonds. The lowest BCUT2D eigenvalue weighted by atomic mass is 10.1. The van der Waals surface area contributed by atoms with Crippen LogP contribution in [0, 0.1) is 5.82 Å². The highest BCUT2D eigenvalue weighted by Gasteiger charge is 2.17. The van der Waals surface area contributed by atoms with Crippen LogP contribution in [0.3, 0.4) is 0 Å². The maximum atomic E-state index is 13.5. The van der Waals surface area contributed by atoms with Crippen molar-refractivity contribution in [3.8, 4) is 11.5 Å². The summed E-state index contributed by atoms with van der Waals surface area (Å²) in [6, 6.07) is 21.2. The van der Waals surface area contributed by atoms with Crippen LogP contribution in [0.15, 0.2) is 95.7 Å². The van der Waals surface area contributed by atoms with Crippen LogP contribution >= 0.6 is 0 Å². The molecule has 0 saturated carbocycles. The number of amides is 2. The molecule has 2 aromatic carbocycles. The first-order chi connectivity index (χ1) is 17.1. The van der Waals surface area contributed by atoms with Crippen molar-refractivity contribution in [3.05, 3.63) is 108 Å². The minimum absolute atomic E-state index is 0.160. The third-order valence-corrected chi connectivity index (χ3v) is 5.16. The van der Waals surface area contributed by atoms with Crippen molar-refractivity contribution in [1.29, 1.82) is 0 Å². The van der Waals surface area contributed by atoms with Crippen LogP contribution in [-0.4, -0.2) is 21.8 Å². The molecule has 172 valence electrons. The lowest BCUT2D eigenvalue weighted by Gasteiger charge is -2.13. The van der Waals surface area contributed by atoms with Gasteiger partial charge in [-0.25, -0.2) is 14.4 Å². The zero-order valence-electron chi connectivity index (χ0n) is 18.2. The van der Waals surface area contributed by atoms with E-state index in [0.29, 0.717) is 33.6 Å². The van der Waals surface area contributed by atoms with E-state index in [1.165, 1.54) is 36.7 Å². The molecule has 0 saturated heterocycles. The molecular formula is C26H18FN5O3. The highest BCUT2D eigenvalue weighted by molar-refractivity contribution is 6.08. The number of halogens is 1.